The second-order valence-electron chi connectivity index (χ2n) is 8.28. The van der Waals surface area contributed by atoms with Crippen LogP contribution in [-0.2, 0) is 9.59 Å². The lowest BCUT2D eigenvalue weighted by atomic mass is 9.88. The third kappa shape index (κ3) is 10.4. The van der Waals surface area contributed by atoms with Gasteiger partial charge in [0.15, 0.2) is 0 Å². The van der Waals surface area contributed by atoms with Crippen LogP contribution in [0.1, 0.15) is 96.8 Å². The van der Waals surface area contributed by atoms with Gasteiger partial charge in [0.1, 0.15) is 5.78 Å². The van der Waals surface area contributed by atoms with Crippen LogP contribution >= 0.6 is 0 Å². The molecule has 3 N–H and O–H groups in total. The Balaban J connectivity index is 2.32. The van der Waals surface area contributed by atoms with Crippen molar-refractivity contribution >= 4 is 11.8 Å². The molecule has 1 fully saturated rings. The van der Waals surface area contributed by atoms with Crippen molar-refractivity contribution in [3.05, 3.63) is 12.2 Å². The molecular formula is C23H40O5. The van der Waals surface area contributed by atoms with Gasteiger partial charge in [0.2, 0.25) is 0 Å². The van der Waals surface area contributed by atoms with E-state index in [1.54, 1.807) is 6.08 Å². The molecule has 0 aromatic rings. The van der Waals surface area contributed by atoms with Crippen molar-refractivity contribution in [2.24, 2.45) is 11.8 Å². The molecule has 0 aromatic heterocycles. The molecule has 28 heavy (non-hydrogen) atoms. The number of aliphatic hydroxyl groups excluding tert-OH is 2. The largest absolute Gasteiger partial charge is 0.481 e. The van der Waals surface area contributed by atoms with Gasteiger partial charge in [-0.2, -0.15) is 0 Å². The number of carboxylic acid groups (broad SMARTS) is 1. The highest BCUT2D eigenvalue weighted by Gasteiger charge is 2.39. The summed E-state index contributed by atoms with van der Waals surface area (Å²) < 4.78 is 0. The Hall–Kier alpha value is -1.20. The Kier molecular flexibility index (Phi) is 13.1. The van der Waals surface area contributed by atoms with Gasteiger partial charge < -0.3 is 15.3 Å². The summed E-state index contributed by atoms with van der Waals surface area (Å²) in [5, 5.41) is 29.0. The monoisotopic (exact) mass is 396 g/mol. The lowest BCUT2D eigenvalue weighted by Gasteiger charge is -2.18. The third-order valence-corrected chi connectivity index (χ3v) is 5.80. The molecule has 1 saturated carbocycles. The van der Waals surface area contributed by atoms with Crippen LogP contribution in [0.3, 0.4) is 0 Å². The van der Waals surface area contributed by atoms with E-state index in [1.165, 1.54) is 25.7 Å². The maximum absolute atomic E-state index is 12.2. The fourth-order valence-electron chi connectivity index (χ4n) is 4.07. The Morgan fingerprint density at radius 1 is 1.07 bits per heavy atom. The summed E-state index contributed by atoms with van der Waals surface area (Å²) in [6, 6.07) is 0. The predicted octanol–water partition coefficient (Wildman–Crippen LogP) is 4.65. The van der Waals surface area contributed by atoms with Gasteiger partial charge >= 0.3 is 5.97 Å². The van der Waals surface area contributed by atoms with Crippen LogP contribution in [-0.4, -0.2) is 39.3 Å². The minimum Gasteiger partial charge on any atom is -0.481 e. The lowest BCUT2D eigenvalue weighted by Crippen LogP contribution is -2.19. The van der Waals surface area contributed by atoms with Gasteiger partial charge in [0.05, 0.1) is 12.2 Å². The minimum absolute atomic E-state index is 0.109. The predicted molar refractivity (Wildman–Crippen MR) is 111 cm³/mol. The summed E-state index contributed by atoms with van der Waals surface area (Å²) in [6.45, 7) is 2.20. The molecule has 1 aliphatic rings. The minimum atomic E-state index is -0.765. The molecule has 0 saturated heterocycles. The number of aliphatic hydroxyl groups is 2. The molecule has 5 nitrogen and oxygen atoms in total. The molecule has 0 radical (unpaired) electrons. The van der Waals surface area contributed by atoms with Gasteiger partial charge in [-0.15, -0.1) is 0 Å². The van der Waals surface area contributed by atoms with E-state index in [2.05, 4.69) is 6.92 Å². The molecule has 0 aliphatic heterocycles. The van der Waals surface area contributed by atoms with Crippen LogP contribution in [0, 0.1) is 11.8 Å². The molecule has 162 valence electrons. The zero-order valence-corrected chi connectivity index (χ0v) is 17.5. The smallest absolute Gasteiger partial charge is 0.303 e. The van der Waals surface area contributed by atoms with Crippen LogP contribution in [0.2, 0.25) is 0 Å². The normalized spacial score (nSPS) is 23.5. The van der Waals surface area contributed by atoms with Crippen LogP contribution in [0.4, 0.5) is 0 Å². The Labute approximate surface area is 170 Å². The standard InChI is InChI=1S/C23H40O5/c1-2-3-4-5-6-9-12-18(24)15-16-20-19(21(25)17-22(20)26)13-10-7-8-11-14-23(27)28/h15-16,18-20,22,24,26H,2-14,17H2,1H3,(H,27,28)/b16-15+/t18-,19+,20?,22+/m0/s1. The van der Waals surface area contributed by atoms with E-state index < -0.39 is 18.2 Å². The molecule has 0 bridgehead atoms. The summed E-state index contributed by atoms with van der Waals surface area (Å²) in [7, 11) is 0. The van der Waals surface area contributed by atoms with Gasteiger partial charge in [-0.05, 0) is 19.3 Å². The Morgan fingerprint density at radius 3 is 2.43 bits per heavy atom. The van der Waals surface area contributed by atoms with E-state index in [4.69, 9.17) is 5.11 Å². The summed E-state index contributed by atoms with van der Waals surface area (Å²) >= 11 is 0. The van der Waals surface area contributed by atoms with Gasteiger partial charge in [-0.3, -0.25) is 9.59 Å². The van der Waals surface area contributed by atoms with Crippen molar-refractivity contribution in [3.8, 4) is 0 Å². The van der Waals surface area contributed by atoms with Gasteiger partial charge in [-0.1, -0.05) is 76.9 Å². The maximum Gasteiger partial charge on any atom is 0.303 e. The summed E-state index contributed by atoms with van der Waals surface area (Å²) in [5.74, 6) is -1.03. The Morgan fingerprint density at radius 2 is 1.71 bits per heavy atom. The number of aliphatic carboxylic acids is 1. The fourth-order valence-corrected chi connectivity index (χ4v) is 4.07. The van der Waals surface area contributed by atoms with E-state index in [0.717, 1.165) is 44.9 Å². The van der Waals surface area contributed by atoms with Crippen LogP contribution in [0.5, 0.6) is 0 Å². The molecular weight excluding hydrogens is 356 g/mol. The summed E-state index contributed by atoms with van der Waals surface area (Å²) in [6.07, 6.45) is 14.7. The summed E-state index contributed by atoms with van der Waals surface area (Å²) in [4.78, 5) is 22.7. The molecule has 1 rings (SSSR count). The zero-order chi connectivity index (χ0) is 20.8. The first kappa shape index (κ1) is 24.8. The second-order valence-corrected chi connectivity index (χ2v) is 8.28. The van der Waals surface area contributed by atoms with Gasteiger partial charge in [0, 0.05) is 24.7 Å². The van der Waals surface area contributed by atoms with Gasteiger partial charge in [0.25, 0.3) is 0 Å². The number of ketones is 1. The highest BCUT2D eigenvalue weighted by atomic mass is 16.4. The fraction of sp³-hybridized carbons (Fsp3) is 0.826. The molecule has 0 spiro atoms. The van der Waals surface area contributed by atoms with Crippen LogP contribution in [0.15, 0.2) is 12.2 Å². The van der Waals surface area contributed by atoms with E-state index in [0.29, 0.717) is 6.42 Å². The first-order valence-electron chi connectivity index (χ1n) is 11.2. The second kappa shape index (κ2) is 14.7. The Bertz CT molecular complexity index is 474. The van der Waals surface area contributed by atoms with Crippen molar-refractivity contribution in [2.45, 2.75) is 109 Å². The molecule has 1 unspecified atom stereocenters. The van der Waals surface area contributed by atoms with E-state index >= 15 is 0 Å². The highest BCUT2D eigenvalue weighted by molar-refractivity contribution is 5.84. The molecule has 0 heterocycles. The average Bonchev–Trinajstić information content (AvgIpc) is 2.91. The van der Waals surface area contributed by atoms with Crippen molar-refractivity contribution in [1.82, 2.24) is 0 Å². The lowest BCUT2D eigenvalue weighted by molar-refractivity contribution is -0.137. The molecule has 0 amide bonds. The molecule has 1 aliphatic carbocycles. The molecule has 4 atom stereocenters. The number of carboxylic acids is 1. The van der Waals surface area contributed by atoms with E-state index in [9.17, 15) is 19.8 Å². The average molecular weight is 397 g/mol. The van der Waals surface area contributed by atoms with Gasteiger partial charge in [-0.25, -0.2) is 0 Å². The number of hydrogen-bond acceptors (Lipinski definition) is 4. The molecule has 5 heteroatoms. The van der Waals surface area contributed by atoms with Crippen LogP contribution in [0.25, 0.3) is 0 Å². The number of hydrogen-bond donors (Lipinski definition) is 3. The van der Waals surface area contributed by atoms with Crippen molar-refractivity contribution < 1.29 is 24.9 Å². The van der Waals surface area contributed by atoms with Crippen molar-refractivity contribution in [1.29, 1.82) is 0 Å². The first-order valence-corrected chi connectivity index (χ1v) is 11.2. The van der Waals surface area contributed by atoms with Crippen molar-refractivity contribution in [3.63, 3.8) is 0 Å². The first-order chi connectivity index (χ1) is 13.5. The number of Topliss-reactive ketones (excluding diaryl/α,β-unsaturated/α-hetero) is 1. The number of carbonyl (C=O) groups is 2. The summed E-state index contributed by atoms with van der Waals surface area (Å²) in [5.41, 5.74) is 0. The number of unbranched alkanes of at least 4 members (excludes halogenated alkanes) is 8. The van der Waals surface area contributed by atoms with Crippen molar-refractivity contribution in [2.75, 3.05) is 0 Å². The van der Waals surface area contributed by atoms with Crippen LogP contribution < -0.4 is 0 Å². The number of rotatable bonds is 16. The quantitative estimate of drug-likeness (QED) is 0.261. The topological polar surface area (TPSA) is 94.8 Å². The van der Waals surface area contributed by atoms with E-state index in [-0.39, 0.29) is 30.5 Å². The highest BCUT2D eigenvalue weighted by Crippen LogP contribution is 2.34. The number of carbonyl (C=O) groups excluding carboxylic acids is 1. The maximum atomic E-state index is 12.2. The third-order valence-electron chi connectivity index (χ3n) is 5.80. The SMILES string of the molecule is CCCCCCCC[C@H](O)/C=C/C1[C@H](O)CC(=O)[C@@H]1CCCCCCC(=O)O. The zero-order valence-electron chi connectivity index (χ0n) is 17.5. The van der Waals surface area contributed by atoms with E-state index in [1.807, 2.05) is 6.08 Å². The molecule has 0 aromatic carbocycles.